The minimum Gasteiger partial charge on any atom is -0.437 e. The molecule has 1 saturated heterocycles. The highest BCUT2D eigenvalue weighted by atomic mass is 16.5. The van der Waals surface area contributed by atoms with Crippen molar-refractivity contribution in [3.05, 3.63) is 95.4 Å². The van der Waals surface area contributed by atoms with Gasteiger partial charge in [0.05, 0.1) is 5.52 Å². The van der Waals surface area contributed by atoms with E-state index in [-0.39, 0.29) is 5.91 Å². The zero-order valence-corrected chi connectivity index (χ0v) is 23.5. The molecule has 2 aromatic carbocycles. The van der Waals surface area contributed by atoms with Crippen LogP contribution in [0.15, 0.2) is 73.2 Å². The van der Waals surface area contributed by atoms with Crippen LogP contribution in [-0.4, -0.2) is 68.9 Å². The van der Waals surface area contributed by atoms with Crippen LogP contribution in [0.25, 0.3) is 22.4 Å². The van der Waals surface area contributed by atoms with Gasteiger partial charge >= 0.3 is 0 Å². The highest BCUT2D eigenvalue weighted by Gasteiger charge is 2.17. The lowest BCUT2D eigenvalue weighted by Crippen LogP contribution is -2.43. The smallest absolute Gasteiger partial charge is 0.256 e. The van der Waals surface area contributed by atoms with Crippen LogP contribution < -0.4 is 10.1 Å². The summed E-state index contributed by atoms with van der Waals surface area (Å²) in [6.07, 6.45) is 5.22. The molecule has 0 saturated carbocycles. The van der Waals surface area contributed by atoms with E-state index < -0.39 is 0 Å². The maximum Gasteiger partial charge on any atom is 0.256 e. The average Bonchev–Trinajstić information content (AvgIpc) is 3.45. The number of likely N-dealkylation sites (N-methyl/N-ethyl adjacent to an activating group) is 1. The van der Waals surface area contributed by atoms with Crippen molar-refractivity contribution in [1.29, 1.82) is 0 Å². The van der Waals surface area contributed by atoms with E-state index in [1.165, 1.54) is 5.56 Å². The second-order valence-corrected chi connectivity index (χ2v) is 10.7. The largest absolute Gasteiger partial charge is 0.437 e. The molecule has 0 radical (unpaired) electrons. The van der Waals surface area contributed by atoms with Gasteiger partial charge in [-0.25, -0.2) is 4.98 Å². The monoisotopic (exact) mass is 547 g/mol. The fraction of sp³-hybridized carbons (Fsp3) is 0.250. The topological polar surface area (TPSA) is 99.3 Å². The Morgan fingerprint density at radius 2 is 1.88 bits per heavy atom. The zero-order chi connectivity index (χ0) is 28.3. The van der Waals surface area contributed by atoms with Crippen molar-refractivity contribution in [1.82, 2.24) is 29.7 Å². The number of anilines is 1. The molecule has 6 rings (SSSR count). The van der Waals surface area contributed by atoms with Crippen LogP contribution in [0, 0.1) is 13.8 Å². The number of hydrogen-bond acceptors (Lipinski definition) is 7. The Bertz CT molecular complexity index is 1690. The van der Waals surface area contributed by atoms with Crippen LogP contribution in [0.3, 0.4) is 0 Å². The third-order valence-corrected chi connectivity index (χ3v) is 7.36. The molecule has 0 unspecified atom stereocenters. The average molecular weight is 548 g/mol. The van der Waals surface area contributed by atoms with Gasteiger partial charge in [0.15, 0.2) is 5.82 Å². The Kier molecular flexibility index (Phi) is 7.45. The quantitative estimate of drug-likeness (QED) is 0.280. The van der Waals surface area contributed by atoms with E-state index in [4.69, 9.17) is 4.74 Å². The first kappa shape index (κ1) is 26.6. The number of aromatic nitrogens is 4. The van der Waals surface area contributed by atoms with E-state index in [1.807, 2.05) is 43.3 Å². The number of H-pyrrole nitrogens is 1. The van der Waals surface area contributed by atoms with Crippen molar-refractivity contribution < 1.29 is 9.53 Å². The molecular weight excluding hydrogens is 514 g/mol. The molecule has 0 atom stereocenters. The Morgan fingerprint density at radius 1 is 1.02 bits per heavy atom. The van der Waals surface area contributed by atoms with Crippen LogP contribution in [0.1, 0.15) is 27.0 Å². The number of piperazine rings is 1. The second-order valence-electron chi connectivity index (χ2n) is 10.7. The number of benzene rings is 2. The Hall–Kier alpha value is -4.60. The maximum atomic E-state index is 13.5. The molecule has 208 valence electrons. The van der Waals surface area contributed by atoms with E-state index in [1.54, 1.807) is 24.7 Å². The maximum absolute atomic E-state index is 13.5. The number of rotatable bonds is 7. The first-order valence-corrected chi connectivity index (χ1v) is 13.8. The predicted molar refractivity (Wildman–Crippen MR) is 160 cm³/mol. The van der Waals surface area contributed by atoms with Crippen LogP contribution >= 0.6 is 0 Å². The van der Waals surface area contributed by atoms with Gasteiger partial charge in [-0.15, -0.1) is 0 Å². The number of amides is 1. The van der Waals surface area contributed by atoms with E-state index in [9.17, 15) is 4.79 Å². The van der Waals surface area contributed by atoms with Crippen molar-refractivity contribution in [2.24, 2.45) is 0 Å². The first-order chi connectivity index (χ1) is 19.9. The number of fused-ring (bicyclic) bond motifs is 1. The highest BCUT2D eigenvalue weighted by molar-refractivity contribution is 6.05. The van der Waals surface area contributed by atoms with E-state index in [0.717, 1.165) is 60.6 Å². The minimum atomic E-state index is -0.187. The molecular formula is C32H33N7O2. The number of ether oxygens (including phenoxy) is 1. The van der Waals surface area contributed by atoms with E-state index in [2.05, 4.69) is 61.2 Å². The zero-order valence-electron chi connectivity index (χ0n) is 23.5. The van der Waals surface area contributed by atoms with Crippen molar-refractivity contribution in [2.45, 2.75) is 20.4 Å². The van der Waals surface area contributed by atoms with Crippen molar-refractivity contribution >= 4 is 22.6 Å². The third kappa shape index (κ3) is 6.11. The van der Waals surface area contributed by atoms with Gasteiger partial charge < -0.3 is 19.9 Å². The molecule has 4 heterocycles. The molecule has 41 heavy (non-hydrogen) atoms. The molecule has 9 nitrogen and oxygen atoms in total. The summed E-state index contributed by atoms with van der Waals surface area (Å²) in [7, 11) is 2.16. The van der Waals surface area contributed by atoms with Gasteiger partial charge in [0.25, 0.3) is 5.91 Å². The summed E-state index contributed by atoms with van der Waals surface area (Å²) in [6, 6.07) is 17.4. The number of carbonyl (C=O) groups excluding carboxylic acids is 1. The molecule has 3 aromatic heterocycles. The lowest BCUT2D eigenvalue weighted by atomic mass is 10.1. The second kappa shape index (κ2) is 11.5. The molecule has 0 spiro atoms. The van der Waals surface area contributed by atoms with Gasteiger partial charge in [0.1, 0.15) is 11.3 Å². The fourth-order valence-corrected chi connectivity index (χ4v) is 5.12. The van der Waals surface area contributed by atoms with Crippen molar-refractivity contribution in [3.63, 3.8) is 0 Å². The Balaban J connectivity index is 1.22. The van der Waals surface area contributed by atoms with Gasteiger partial charge in [0, 0.05) is 68.1 Å². The number of pyridine rings is 1. The van der Waals surface area contributed by atoms with Gasteiger partial charge in [-0.1, -0.05) is 12.1 Å². The van der Waals surface area contributed by atoms with Crippen LogP contribution in [0.5, 0.6) is 11.6 Å². The molecule has 1 fully saturated rings. The summed E-state index contributed by atoms with van der Waals surface area (Å²) in [5.74, 6) is 1.21. The number of carbonyl (C=O) groups is 1. The normalized spacial score (nSPS) is 14.3. The number of aromatic amines is 1. The van der Waals surface area contributed by atoms with E-state index >= 15 is 0 Å². The van der Waals surface area contributed by atoms with Gasteiger partial charge in [0.2, 0.25) is 5.88 Å². The standard InChI is InChI=1S/C32H33N7O2/c1-21-15-23(20-39-13-11-38(3)12-14-39)17-25(16-21)35-31(40)27-18-26(7-6-22(27)2)41-32-29-28(8-10-34-29)36-30(37-32)24-5-4-9-33-19-24/h4-10,15-19,34H,11-14,20H2,1-3H3,(H,35,40). The predicted octanol–water partition coefficient (Wildman–Crippen LogP) is 5.43. The molecule has 0 bridgehead atoms. The number of hydrogen-bond donors (Lipinski definition) is 2. The Morgan fingerprint density at radius 3 is 2.68 bits per heavy atom. The number of aryl methyl sites for hydroxylation is 2. The van der Waals surface area contributed by atoms with Crippen molar-refractivity contribution in [3.8, 4) is 23.0 Å². The minimum absolute atomic E-state index is 0.187. The molecule has 5 aromatic rings. The Labute approximate surface area is 239 Å². The summed E-state index contributed by atoms with van der Waals surface area (Å²) in [5.41, 5.74) is 6.68. The van der Waals surface area contributed by atoms with Gasteiger partial charge in [-0.05, 0) is 80.1 Å². The number of nitrogens with one attached hydrogen (secondary N) is 2. The molecule has 0 aliphatic carbocycles. The summed E-state index contributed by atoms with van der Waals surface area (Å²) < 4.78 is 6.25. The fourth-order valence-electron chi connectivity index (χ4n) is 5.12. The van der Waals surface area contributed by atoms with Gasteiger partial charge in [-0.2, -0.15) is 4.98 Å². The summed E-state index contributed by atoms with van der Waals surface area (Å²) in [4.78, 5) is 34.9. The molecule has 1 aliphatic rings. The SMILES string of the molecule is Cc1cc(CN2CCN(C)CC2)cc(NC(=O)c2cc(Oc3nc(-c4cccnc4)nc4cc[nH]c34)ccc2C)c1. The van der Waals surface area contributed by atoms with Crippen molar-refractivity contribution in [2.75, 3.05) is 38.5 Å². The lowest BCUT2D eigenvalue weighted by Gasteiger charge is -2.32. The van der Waals surface area contributed by atoms with Gasteiger partial charge in [-0.3, -0.25) is 14.7 Å². The molecule has 9 heteroatoms. The van der Waals surface area contributed by atoms with Crippen LogP contribution in [-0.2, 0) is 6.54 Å². The van der Waals surface area contributed by atoms with E-state index in [0.29, 0.717) is 28.5 Å². The first-order valence-electron chi connectivity index (χ1n) is 13.8. The molecule has 1 aliphatic heterocycles. The molecule has 1 amide bonds. The summed E-state index contributed by atoms with van der Waals surface area (Å²) in [6.45, 7) is 9.08. The van der Waals surface area contributed by atoms with Crippen LogP contribution in [0.2, 0.25) is 0 Å². The highest BCUT2D eigenvalue weighted by Crippen LogP contribution is 2.30. The number of nitrogens with zero attached hydrogens (tertiary/aromatic N) is 5. The molecule has 2 N–H and O–H groups in total. The lowest BCUT2D eigenvalue weighted by molar-refractivity contribution is 0.102. The summed E-state index contributed by atoms with van der Waals surface area (Å²) >= 11 is 0. The van der Waals surface area contributed by atoms with Crippen LogP contribution in [0.4, 0.5) is 5.69 Å². The summed E-state index contributed by atoms with van der Waals surface area (Å²) in [5, 5.41) is 3.11. The third-order valence-electron chi connectivity index (χ3n) is 7.36.